The van der Waals surface area contributed by atoms with Crippen LogP contribution in [0.3, 0.4) is 0 Å². The Morgan fingerprint density at radius 2 is 1.82 bits per heavy atom. The lowest BCUT2D eigenvalue weighted by atomic mass is 10.2. The Balaban J connectivity index is 1.71. The summed E-state index contributed by atoms with van der Waals surface area (Å²) in [6.45, 7) is 5.31. The molecule has 0 saturated carbocycles. The van der Waals surface area contributed by atoms with Crippen molar-refractivity contribution in [3.63, 3.8) is 0 Å². The van der Waals surface area contributed by atoms with Gasteiger partial charge in [0.15, 0.2) is 0 Å². The van der Waals surface area contributed by atoms with Crippen LogP contribution in [0.25, 0.3) is 6.08 Å². The van der Waals surface area contributed by atoms with Gasteiger partial charge >= 0.3 is 5.97 Å². The summed E-state index contributed by atoms with van der Waals surface area (Å²) in [5.41, 5.74) is 5.71. The van der Waals surface area contributed by atoms with E-state index in [1.807, 2.05) is 0 Å². The molecule has 2 aromatic heterocycles. The van der Waals surface area contributed by atoms with Gasteiger partial charge in [0.1, 0.15) is 5.60 Å². The fraction of sp³-hybridized carbons (Fsp3) is 0.200. The molecule has 0 amide bonds. The van der Waals surface area contributed by atoms with Crippen molar-refractivity contribution < 1.29 is 22.7 Å². The maximum Gasteiger partial charge on any atom is 0.331 e. The fourth-order valence-corrected chi connectivity index (χ4v) is 3.88. The number of carbonyl (C=O) groups is 2. The predicted octanol–water partition coefficient (Wildman–Crippen LogP) is 2.36. The minimum absolute atomic E-state index is 0.0459. The number of rotatable bonds is 6. The van der Waals surface area contributed by atoms with Crippen LogP contribution in [-0.2, 0) is 19.6 Å². The third kappa shape index (κ3) is 6.47. The summed E-state index contributed by atoms with van der Waals surface area (Å²) in [6.07, 6.45) is 2.84. The van der Waals surface area contributed by atoms with Gasteiger partial charge in [-0.25, -0.2) is 18.4 Å². The quantitative estimate of drug-likeness (QED) is 0.346. The molecule has 5 N–H and O–H groups in total. The monoisotopic (exact) mass is 490 g/mol. The minimum atomic E-state index is -3.81. The molecule has 0 atom stereocenters. The maximum absolute atomic E-state index is 12.8. The number of primary sulfonamides is 1. The molecular weight excluding hydrogens is 468 g/mol. The maximum atomic E-state index is 12.8. The second-order valence-electron chi connectivity index (χ2n) is 7.77. The van der Waals surface area contributed by atoms with Crippen molar-refractivity contribution in [3.8, 4) is 0 Å². The number of benzene rings is 1. The van der Waals surface area contributed by atoms with Crippen molar-refractivity contribution in [2.24, 2.45) is 5.14 Å². The highest BCUT2D eigenvalue weighted by Crippen LogP contribution is 2.22. The summed E-state index contributed by atoms with van der Waals surface area (Å²) in [4.78, 5) is 29.6. The molecule has 0 radical (unpaired) electrons. The third-order valence-electron chi connectivity index (χ3n) is 3.89. The first kappa shape index (κ1) is 24.1. The van der Waals surface area contributed by atoms with Crippen LogP contribution in [0.1, 0.15) is 35.3 Å². The van der Waals surface area contributed by atoms with Gasteiger partial charge in [0, 0.05) is 16.6 Å². The Kier molecular flexibility index (Phi) is 6.67. The number of nitrogens with one attached hydrogen (secondary N) is 1. The van der Waals surface area contributed by atoms with Crippen molar-refractivity contribution in [1.29, 1.82) is 0 Å². The van der Waals surface area contributed by atoms with E-state index < -0.39 is 27.5 Å². The highest BCUT2D eigenvalue weighted by atomic mass is 32.2. The number of anilines is 3. The first-order valence-electron chi connectivity index (χ1n) is 9.50. The summed E-state index contributed by atoms with van der Waals surface area (Å²) < 4.78 is 28.8. The first-order chi connectivity index (χ1) is 15.3. The van der Waals surface area contributed by atoms with E-state index in [4.69, 9.17) is 15.6 Å². The molecule has 33 heavy (non-hydrogen) atoms. The average Bonchev–Trinajstić information content (AvgIpc) is 3.31. The average molecular weight is 491 g/mol. The Labute approximate surface area is 194 Å². The van der Waals surface area contributed by atoms with Gasteiger partial charge in [0.05, 0.1) is 9.77 Å². The van der Waals surface area contributed by atoms with E-state index in [0.717, 1.165) is 16.0 Å². The molecule has 0 aliphatic heterocycles. The molecule has 0 spiro atoms. The van der Waals surface area contributed by atoms with Crippen LogP contribution in [0.2, 0.25) is 0 Å². The van der Waals surface area contributed by atoms with Gasteiger partial charge < -0.3 is 15.8 Å². The first-order valence-corrected chi connectivity index (χ1v) is 11.9. The van der Waals surface area contributed by atoms with Crippen molar-refractivity contribution in [2.75, 3.05) is 11.1 Å². The van der Waals surface area contributed by atoms with Crippen LogP contribution in [0, 0.1) is 0 Å². The smallest absolute Gasteiger partial charge is 0.331 e. The highest BCUT2D eigenvalue weighted by Gasteiger charge is 2.18. The molecule has 2 heterocycles. The van der Waals surface area contributed by atoms with Crippen LogP contribution in [0.15, 0.2) is 47.4 Å². The Morgan fingerprint density at radius 3 is 2.42 bits per heavy atom. The number of sulfonamides is 1. The number of ether oxygens (including phenoxy) is 1. The number of thiophene rings is 1. The van der Waals surface area contributed by atoms with Crippen molar-refractivity contribution in [1.82, 2.24) is 14.8 Å². The second kappa shape index (κ2) is 9.13. The van der Waals surface area contributed by atoms with Crippen LogP contribution < -0.4 is 16.2 Å². The highest BCUT2D eigenvalue weighted by molar-refractivity contribution is 7.89. The van der Waals surface area contributed by atoms with Crippen LogP contribution in [0.4, 0.5) is 17.6 Å². The largest absolute Gasteiger partial charge is 0.457 e. The summed E-state index contributed by atoms with van der Waals surface area (Å²) in [6, 6.07) is 8.85. The van der Waals surface area contributed by atoms with E-state index in [-0.39, 0.29) is 16.8 Å². The van der Waals surface area contributed by atoms with Gasteiger partial charge in [0.2, 0.25) is 21.9 Å². The standard InChI is InChI=1S/C20H22N6O5S2/c1-20(2,3)31-16(27)11-7-13-6-10-15(32-13)17(28)26-18(21)24-19(25-26)23-12-4-8-14(9-5-12)33(22,29)30/h4-11H,1-3H3,(H2,22,29,30)(H3,21,23,24,25). The van der Waals surface area contributed by atoms with Crippen molar-refractivity contribution in [2.45, 2.75) is 31.3 Å². The van der Waals surface area contributed by atoms with Crippen LogP contribution in [-0.4, -0.2) is 40.7 Å². The zero-order valence-electron chi connectivity index (χ0n) is 18.0. The molecule has 3 rings (SSSR count). The van der Waals surface area contributed by atoms with Gasteiger partial charge in [0.25, 0.3) is 5.91 Å². The Hall–Kier alpha value is -3.55. The summed E-state index contributed by atoms with van der Waals surface area (Å²) in [7, 11) is -3.81. The molecule has 0 bridgehead atoms. The molecule has 0 fully saturated rings. The summed E-state index contributed by atoms with van der Waals surface area (Å²) in [5.74, 6) is -1.08. The molecule has 1 aromatic carbocycles. The zero-order valence-corrected chi connectivity index (χ0v) is 19.6. The van der Waals surface area contributed by atoms with E-state index >= 15 is 0 Å². The number of hydrogen-bond acceptors (Lipinski definition) is 10. The van der Waals surface area contributed by atoms with Crippen molar-refractivity contribution in [3.05, 3.63) is 52.2 Å². The molecule has 13 heteroatoms. The molecule has 0 unspecified atom stereocenters. The number of nitrogen functional groups attached to an aromatic ring is 1. The molecule has 0 aliphatic carbocycles. The number of aromatic nitrogens is 3. The molecule has 174 valence electrons. The molecule has 3 aromatic rings. The molecule has 0 aliphatic rings. The van der Waals surface area contributed by atoms with Crippen LogP contribution in [0.5, 0.6) is 0 Å². The van der Waals surface area contributed by atoms with Gasteiger partial charge in [-0.05, 0) is 63.2 Å². The van der Waals surface area contributed by atoms with E-state index in [2.05, 4.69) is 15.4 Å². The second-order valence-corrected chi connectivity index (χ2v) is 10.5. The fourth-order valence-electron chi connectivity index (χ4n) is 2.53. The number of nitrogens with zero attached hydrogens (tertiary/aromatic N) is 3. The summed E-state index contributed by atoms with van der Waals surface area (Å²) in [5, 5.41) is 12.0. The number of hydrogen-bond donors (Lipinski definition) is 3. The lowest BCUT2D eigenvalue weighted by Gasteiger charge is -2.17. The predicted molar refractivity (Wildman–Crippen MR) is 124 cm³/mol. The minimum Gasteiger partial charge on any atom is -0.457 e. The SMILES string of the molecule is CC(C)(C)OC(=O)C=Cc1ccc(C(=O)n2nc(Nc3ccc(S(N)(=O)=O)cc3)nc2N)s1. The normalized spacial score (nSPS) is 12.1. The Morgan fingerprint density at radius 1 is 1.15 bits per heavy atom. The van der Waals surface area contributed by atoms with E-state index in [1.54, 1.807) is 39.0 Å². The molecular formula is C20H22N6O5S2. The Bertz CT molecular complexity index is 1320. The van der Waals surface area contributed by atoms with Gasteiger partial charge in [-0.3, -0.25) is 4.79 Å². The van der Waals surface area contributed by atoms with Crippen molar-refractivity contribution >= 4 is 56.9 Å². The lowest BCUT2D eigenvalue weighted by molar-refractivity contribution is -0.148. The number of esters is 1. The topological polar surface area (TPSA) is 172 Å². The molecule has 11 nitrogen and oxygen atoms in total. The lowest BCUT2D eigenvalue weighted by Crippen LogP contribution is -2.22. The van der Waals surface area contributed by atoms with E-state index in [0.29, 0.717) is 15.4 Å². The summed E-state index contributed by atoms with van der Waals surface area (Å²) >= 11 is 1.14. The van der Waals surface area contributed by atoms with Gasteiger partial charge in [-0.15, -0.1) is 16.4 Å². The van der Waals surface area contributed by atoms with E-state index in [1.165, 1.54) is 30.3 Å². The number of nitrogens with two attached hydrogens (primary N) is 2. The van der Waals surface area contributed by atoms with Crippen LogP contribution >= 0.6 is 11.3 Å². The zero-order chi connectivity index (χ0) is 24.4. The van der Waals surface area contributed by atoms with Gasteiger partial charge in [-0.2, -0.15) is 9.67 Å². The van der Waals surface area contributed by atoms with Gasteiger partial charge in [-0.1, -0.05) is 0 Å². The van der Waals surface area contributed by atoms with E-state index in [9.17, 15) is 18.0 Å². The molecule has 0 saturated heterocycles. The number of carbonyl (C=O) groups excluding carboxylic acids is 2. The third-order valence-corrected chi connectivity index (χ3v) is 5.86.